The Balaban J connectivity index is 1.49. The molecule has 1 saturated heterocycles. The standard InChI is InChI=1S/C23H28N2O3S/c1-16-4-8-18(9-5-16)25-21(26)11-10-19(22(25)20-3-2-14-29-20)23(27)24-12-13-28-15-17-6-7-17/h2-5,8-9,14,17,19,22H,6-7,10-13,15H2,1H3,(H,24,27). The quantitative estimate of drug-likeness (QED) is 0.665. The highest BCUT2D eigenvalue weighted by Crippen LogP contribution is 2.41. The largest absolute Gasteiger partial charge is 0.379 e. The Morgan fingerprint density at radius 2 is 2.00 bits per heavy atom. The molecule has 1 N–H and O–H groups in total. The van der Waals surface area contributed by atoms with Crippen molar-refractivity contribution in [3.8, 4) is 0 Å². The molecule has 0 radical (unpaired) electrons. The maximum absolute atomic E-state index is 13.1. The molecule has 2 aliphatic rings. The zero-order valence-corrected chi connectivity index (χ0v) is 17.6. The predicted octanol–water partition coefficient (Wildman–Crippen LogP) is 4.08. The van der Waals surface area contributed by atoms with Crippen LogP contribution in [0.4, 0.5) is 5.69 Å². The number of rotatable bonds is 8. The van der Waals surface area contributed by atoms with E-state index in [0.29, 0.717) is 26.0 Å². The summed E-state index contributed by atoms with van der Waals surface area (Å²) in [6.45, 7) is 3.88. The van der Waals surface area contributed by atoms with E-state index in [1.54, 1.807) is 11.3 Å². The number of carbonyl (C=O) groups excluding carboxylic acids is 2. The smallest absolute Gasteiger partial charge is 0.227 e. The van der Waals surface area contributed by atoms with Crippen molar-refractivity contribution in [3.05, 3.63) is 52.2 Å². The first-order valence-corrected chi connectivity index (χ1v) is 11.3. The molecule has 1 aliphatic carbocycles. The van der Waals surface area contributed by atoms with Crippen molar-refractivity contribution in [2.24, 2.45) is 11.8 Å². The molecular formula is C23H28N2O3S. The highest BCUT2D eigenvalue weighted by atomic mass is 32.1. The lowest BCUT2D eigenvalue weighted by Crippen LogP contribution is -2.48. The Kier molecular flexibility index (Phi) is 6.31. The predicted molar refractivity (Wildman–Crippen MR) is 115 cm³/mol. The molecule has 29 heavy (non-hydrogen) atoms. The minimum Gasteiger partial charge on any atom is -0.379 e. The van der Waals surface area contributed by atoms with Gasteiger partial charge in [0.2, 0.25) is 11.8 Å². The van der Waals surface area contributed by atoms with Crippen LogP contribution in [0.2, 0.25) is 0 Å². The second-order valence-corrected chi connectivity index (χ2v) is 8.99. The van der Waals surface area contributed by atoms with Crippen molar-refractivity contribution in [1.29, 1.82) is 0 Å². The van der Waals surface area contributed by atoms with Crippen molar-refractivity contribution in [2.75, 3.05) is 24.7 Å². The summed E-state index contributed by atoms with van der Waals surface area (Å²) in [5, 5.41) is 5.04. The first-order chi connectivity index (χ1) is 14.1. The van der Waals surface area contributed by atoms with Crippen LogP contribution in [0.1, 0.15) is 42.2 Å². The Hall–Kier alpha value is -2.18. The van der Waals surface area contributed by atoms with E-state index in [-0.39, 0.29) is 23.8 Å². The molecule has 6 heteroatoms. The van der Waals surface area contributed by atoms with Crippen LogP contribution in [0.25, 0.3) is 0 Å². The molecule has 1 aromatic heterocycles. The minimum absolute atomic E-state index is 0.00281. The van der Waals surface area contributed by atoms with Gasteiger partial charge in [0.15, 0.2) is 0 Å². The van der Waals surface area contributed by atoms with E-state index in [0.717, 1.165) is 28.7 Å². The van der Waals surface area contributed by atoms with Crippen molar-refractivity contribution in [1.82, 2.24) is 5.32 Å². The van der Waals surface area contributed by atoms with Gasteiger partial charge < -0.3 is 15.0 Å². The Bertz CT molecular complexity index is 830. The molecule has 2 atom stereocenters. The van der Waals surface area contributed by atoms with Crippen LogP contribution in [-0.2, 0) is 14.3 Å². The highest BCUT2D eigenvalue weighted by Gasteiger charge is 2.41. The van der Waals surface area contributed by atoms with Gasteiger partial charge in [-0.3, -0.25) is 9.59 Å². The lowest BCUT2D eigenvalue weighted by Gasteiger charge is -2.40. The number of nitrogens with one attached hydrogen (secondary N) is 1. The van der Waals surface area contributed by atoms with Crippen molar-refractivity contribution in [2.45, 2.75) is 38.6 Å². The van der Waals surface area contributed by atoms with Gasteiger partial charge in [-0.05, 0) is 55.7 Å². The summed E-state index contributed by atoms with van der Waals surface area (Å²) in [6.07, 6.45) is 3.48. The van der Waals surface area contributed by atoms with E-state index in [1.807, 2.05) is 53.6 Å². The van der Waals surface area contributed by atoms with E-state index in [2.05, 4.69) is 5.32 Å². The van der Waals surface area contributed by atoms with E-state index < -0.39 is 0 Å². The van der Waals surface area contributed by atoms with E-state index in [1.165, 1.54) is 12.8 Å². The van der Waals surface area contributed by atoms with Gasteiger partial charge in [0.05, 0.1) is 18.6 Å². The monoisotopic (exact) mass is 412 g/mol. The maximum Gasteiger partial charge on any atom is 0.227 e. The van der Waals surface area contributed by atoms with Gasteiger partial charge in [-0.2, -0.15) is 0 Å². The van der Waals surface area contributed by atoms with Crippen LogP contribution in [0, 0.1) is 18.8 Å². The number of hydrogen-bond acceptors (Lipinski definition) is 4. The average molecular weight is 413 g/mol. The van der Waals surface area contributed by atoms with Gasteiger partial charge in [-0.25, -0.2) is 0 Å². The Morgan fingerprint density at radius 1 is 1.21 bits per heavy atom. The number of benzene rings is 1. The van der Waals surface area contributed by atoms with Crippen LogP contribution in [0.15, 0.2) is 41.8 Å². The third-order valence-electron chi connectivity index (χ3n) is 5.68. The first-order valence-electron chi connectivity index (χ1n) is 10.4. The van der Waals surface area contributed by atoms with Gasteiger partial charge in [0, 0.05) is 30.1 Å². The number of carbonyl (C=O) groups is 2. The van der Waals surface area contributed by atoms with Gasteiger partial charge in [0.25, 0.3) is 0 Å². The molecule has 2 heterocycles. The summed E-state index contributed by atoms with van der Waals surface area (Å²) in [5.41, 5.74) is 2.00. The van der Waals surface area contributed by atoms with Gasteiger partial charge in [-0.1, -0.05) is 23.8 Å². The molecule has 0 bridgehead atoms. The van der Waals surface area contributed by atoms with E-state index in [4.69, 9.17) is 4.74 Å². The highest BCUT2D eigenvalue weighted by molar-refractivity contribution is 7.10. The number of amides is 2. The number of hydrogen-bond donors (Lipinski definition) is 1. The molecule has 0 spiro atoms. The first kappa shape index (κ1) is 20.1. The summed E-state index contributed by atoms with van der Waals surface area (Å²) < 4.78 is 5.64. The molecule has 2 aromatic rings. The molecule has 1 aliphatic heterocycles. The van der Waals surface area contributed by atoms with Crippen LogP contribution in [0.5, 0.6) is 0 Å². The molecule has 2 amide bonds. The number of aryl methyl sites for hydroxylation is 1. The van der Waals surface area contributed by atoms with Gasteiger partial charge >= 0.3 is 0 Å². The topological polar surface area (TPSA) is 58.6 Å². The van der Waals surface area contributed by atoms with Crippen LogP contribution >= 0.6 is 11.3 Å². The zero-order valence-electron chi connectivity index (χ0n) is 16.8. The number of anilines is 1. The van der Waals surface area contributed by atoms with E-state index >= 15 is 0 Å². The summed E-state index contributed by atoms with van der Waals surface area (Å²) in [6, 6.07) is 11.7. The van der Waals surface area contributed by atoms with Gasteiger partial charge in [-0.15, -0.1) is 11.3 Å². The van der Waals surface area contributed by atoms with Crippen LogP contribution in [-0.4, -0.2) is 31.6 Å². The fraction of sp³-hybridized carbons (Fsp3) is 0.478. The summed E-state index contributed by atoms with van der Waals surface area (Å²) >= 11 is 1.60. The fourth-order valence-electron chi connectivity index (χ4n) is 3.87. The van der Waals surface area contributed by atoms with Crippen LogP contribution < -0.4 is 10.2 Å². The summed E-state index contributed by atoms with van der Waals surface area (Å²) in [4.78, 5) is 28.8. The normalized spacial score (nSPS) is 22.0. The lowest BCUT2D eigenvalue weighted by atomic mass is 9.86. The number of ether oxygens (including phenoxy) is 1. The average Bonchev–Trinajstić information content (AvgIpc) is 3.38. The number of nitrogens with zero attached hydrogens (tertiary/aromatic N) is 1. The molecule has 2 unspecified atom stereocenters. The third-order valence-corrected chi connectivity index (χ3v) is 6.62. The second-order valence-electron chi connectivity index (χ2n) is 8.01. The van der Waals surface area contributed by atoms with Gasteiger partial charge in [0.1, 0.15) is 0 Å². The third kappa shape index (κ3) is 4.87. The zero-order chi connectivity index (χ0) is 20.2. The molecule has 154 valence electrons. The number of piperidine rings is 1. The SMILES string of the molecule is Cc1ccc(N2C(=O)CCC(C(=O)NCCOCC3CC3)C2c2cccs2)cc1. The summed E-state index contributed by atoms with van der Waals surface area (Å²) in [7, 11) is 0. The Labute approximate surface area is 176 Å². The molecular weight excluding hydrogens is 384 g/mol. The lowest BCUT2D eigenvalue weighted by molar-refractivity contribution is -0.129. The second kappa shape index (κ2) is 9.09. The fourth-order valence-corrected chi connectivity index (χ4v) is 4.75. The van der Waals surface area contributed by atoms with Crippen molar-refractivity contribution < 1.29 is 14.3 Å². The maximum atomic E-state index is 13.1. The number of thiophene rings is 1. The van der Waals surface area contributed by atoms with Crippen LogP contribution in [0.3, 0.4) is 0 Å². The Morgan fingerprint density at radius 3 is 2.69 bits per heavy atom. The minimum atomic E-state index is -0.272. The van der Waals surface area contributed by atoms with Crippen molar-refractivity contribution >= 4 is 28.8 Å². The molecule has 1 saturated carbocycles. The molecule has 4 rings (SSSR count). The van der Waals surface area contributed by atoms with Crippen molar-refractivity contribution in [3.63, 3.8) is 0 Å². The molecule has 5 nitrogen and oxygen atoms in total. The molecule has 1 aromatic carbocycles. The summed E-state index contributed by atoms with van der Waals surface area (Å²) in [5.74, 6) is 0.532. The molecule has 2 fully saturated rings. The van der Waals surface area contributed by atoms with E-state index in [9.17, 15) is 9.59 Å².